The molecule has 0 radical (unpaired) electrons. The number of hydrogen-bond donors (Lipinski definition) is 1. The largest absolute Gasteiger partial charge is 0.494 e. The number of aromatic amines is 1. The van der Waals surface area contributed by atoms with Gasteiger partial charge in [-0.05, 0) is 49.9 Å². The molecule has 2 heterocycles. The molecule has 0 saturated heterocycles. The number of H-pyrrole nitrogens is 1. The molecule has 0 fully saturated rings. The van der Waals surface area contributed by atoms with Crippen LogP contribution in [0, 0.1) is 0 Å². The van der Waals surface area contributed by atoms with Crippen molar-refractivity contribution >= 4 is 22.2 Å². The number of aromatic nitrogens is 3. The van der Waals surface area contributed by atoms with Gasteiger partial charge in [0.2, 0.25) is 0 Å². The molecule has 2 aromatic heterocycles. The number of benzene rings is 2. The van der Waals surface area contributed by atoms with Gasteiger partial charge in [-0.1, -0.05) is 19.1 Å². The summed E-state index contributed by atoms with van der Waals surface area (Å²) in [4.78, 5) is 26.9. The minimum absolute atomic E-state index is 0.0990. The predicted octanol–water partition coefficient (Wildman–Crippen LogP) is 4.47. The zero-order chi connectivity index (χ0) is 20.9. The molecule has 7 heteroatoms. The van der Waals surface area contributed by atoms with Crippen molar-refractivity contribution in [2.45, 2.75) is 26.9 Å². The molecular formula is C23H24N4O2S. The lowest BCUT2D eigenvalue weighted by Crippen LogP contribution is -2.25. The van der Waals surface area contributed by atoms with E-state index in [1.54, 1.807) is 17.4 Å². The zero-order valence-corrected chi connectivity index (χ0v) is 17.9. The Kier molecular flexibility index (Phi) is 6.21. The predicted molar refractivity (Wildman–Crippen MR) is 121 cm³/mol. The number of thiazole rings is 1. The molecule has 0 aliphatic heterocycles. The molecule has 30 heavy (non-hydrogen) atoms. The van der Waals surface area contributed by atoms with Gasteiger partial charge in [0.25, 0.3) is 5.56 Å². The summed E-state index contributed by atoms with van der Waals surface area (Å²) in [7, 11) is 0. The minimum atomic E-state index is -0.0990. The van der Waals surface area contributed by atoms with Gasteiger partial charge in [0.1, 0.15) is 16.6 Å². The van der Waals surface area contributed by atoms with Crippen LogP contribution in [0.5, 0.6) is 5.75 Å². The smallest absolute Gasteiger partial charge is 0.258 e. The third kappa shape index (κ3) is 4.58. The van der Waals surface area contributed by atoms with Crippen LogP contribution in [0.4, 0.5) is 0 Å². The molecule has 154 valence electrons. The summed E-state index contributed by atoms with van der Waals surface area (Å²) in [6.45, 7) is 6.81. The van der Waals surface area contributed by atoms with Crippen LogP contribution in [0.1, 0.15) is 25.4 Å². The van der Waals surface area contributed by atoms with Crippen molar-refractivity contribution in [3.05, 3.63) is 75.8 Å². The Labute approximate surface area is 179 Å². The summed E-state index contributed by atoms with van der Waals surface area (Å²) in [5.74, 6) is 1.54. The maximum atomic E-state index is 12.3. The Morgan fingerprint density at radius 1 is 1.03 bits per heavy atom. The molecule has 0 saturated carbocycles. The van der Waals surface area contributed by atoms with E-state index in [4.69, 9.17) is 9.72 Å². The Morgan fingerprint density at radius 2 is 1.83 bits per heavy atom. The van der Waals surface area contributed by atoms with Crippen LogP contribution >= 0.6 is 11.3 Å². The second-order valence-corrected chi connectivity index (χ2v) is 7.79. The molecule has 0 aliphatic carbocycles. The van der Waals surface area contributed by atoms with Crippen molar-refractivity contribution in [1.29, 1.82) is 0 Å². The second-order valence-electron chi connectivity index (χ2n) is 6.93. The summed E-state index contributed by atoms with van der Waals surface area (Å²) in [6.07, 6.45) is 0. The van der Waals surface area contributed by atoms with Gasteiger partial charge in [0.05, 0.1) is 29.7 Å². The van der Waals surface area contributed by atoms with Crippen LogP contribution < -0.4 is 10.3 Å². The highest BCUT2D eigenvalue weighted by Crippen LogP contribution is 2.26. The fourth-order valence-electron chi connectivity index (χ4n) is 3.30. The molecule has 0 amide bonds. The monoisotopic (exact) mass is 420 g/mol. The third-order valence-corrected chi connectivity index (χ3v) is 5.77. The van der Waals surface area contributed by atoms with Gasteiger partial charge in [-0.2, -0.15) is 0 Å². The van der Waals surface area contributed by atoms with Gasteiger partial charge in [0.15, 0.2) is 0 Å². The number of hydrogen-bond acceptors (Lipinski definition) is 6. The van der Waals surface area contributed by atoms with Crippen LogP contribution in [-0.2, 0) is 13.1 Å². The van der Waals surface area contributed by atoms with Crippen molar-refractivity contribution < 1.29 is 4.74 Å². The number of nitrogens with zero attached hydrogens (tertiary/aromatic N) is 3. The lowest BCUT2D eigenvalue weighted by molar-refractivity contribution is 0.262. The first kappa shape index (κ1) is 20.3. The molecule has 4 rings (SSSR count). The molecule has 4 aromatic rings. The minimum Gasteiger partial charge on any atom is -0.494 e. The van der Waals surface area contributed by atoms with Gasteiger partial charge in [-0.3, -0.25) is 9.69 Å². The molecule has 0 unspecified atom stereocenters. The molecular weight excluding hydrogens is 396 g/mol. The Balaban J connectivity index is 1.47. The summed E-state index contributed by atoms with van der Waals surface area (Å²) in [6, 6.07) is 15.4. The van der Waals surface area contributed by atoms with E-state index in [1.165, 1.54) is 0 Å². The normalized spacial score (nSPS) is 11.3. The second kappa shape index (κ2) is 9.19. The van der Waals surface area contributed by atoms with E-state index in [1.807, 2.05) is 49.4 Å². The number of fused-ring (bicyclic) bond motifs is 1. The highest BCUT2D eigenvalue weighted by Gasteiger charge is 2.12. The van der Waals surface area contributed by atoms with Crippen LogP contribution in [-0.4, -0.2) is 33.0 Å². The van der Waals surface area contributed by atoms with Crippen molar-refractivity contribution in [3.63, 3.8) is 0 Å². The van der Waals surface area contributed by atoms with E-state index in [-0.39, 0.29) is 5.56 Å². The maximum absolute atomic E-state index is 12.3. The molecule has 0 aliphatic rings. The van der Waals surface area contributed by atoms with E-state index >= 15 is 0 Å². The fraction of sp³-hybridized carbons (Fsp3) is 0.261. The fourth-order valence-corrected chi connectivity index (χ4v) is 4.12. The van der Waals surface area contributed by atoms with E-state index in [0.717, 1.165) is 34.1 Å². The summed E-state index contributed by atoms with van der Waals surface area (Å²) >= 11 is 1.63. The molecule has 0 atom stereocenters. The Bertz CT molecular complexity index is 1180. The standard InChI is InChI=1S/C23H24N4O2S/c1-3-27(14-21-25-20-8-6-5-7-19(20)22(28)26-21)13-17-15-30-23(24-17)16-9-11-18(12-10-16)29-4-2/h5-12,15H,3-4,13-14H2,1-2H3,(H,25,26,28). The van der Waals surface area contributed by atoms with Crippen molar-refractivity contribution in [2.75, 3.05) is 13.2 Å². The van der Waals surface area contributed by atoms with Crippen molar-refractivity contribution in [1.82, 2.24) is 19.9 Å². The van der Waals surface area contributed by atoms with Crippen LogP contribution in [0.3, 0.4) is 0 Å². The Hall–Kier alpha value is -3.03. The summed E-state index contributed by atoms with van der Waals surface area (Å²) in [5, 5.41) is 3.69. The summed E-state index contributed by atoms with van der Waals surface area (Å²) in [5.41, 5.74) is 2.71. The highest BCUT2D eigenvalue weighted by molar-refractivity contribution is 7.13. The first-order valence-electron chi connectivity index (χ1n) is 10.0. The zero-order valence-electron chi connectivity index (χ0n) is 17.1. The Morgan fingerprint density at radius 3 is 2.60 bits per heavy atom. The molecule has 6 nitrogen and oxygen atoms in total. The molecule has 0 spiro atoms. The molecule has 2 aromatic carbocycles. The van der Waals surface area contributed by atoms with Crippen molar-refractivity contribution in [3.8, 4) is 16.3 Å². The summed E-state index contributed by atoms with van der Waals surface area (Å²) < 4.78 is 5.51. The number of nitrogens with one attached hydrogen (secondary N) is 1. The van der Waals surface area contributed by atoms with Crippen LogP contribution in [0.15, 0.2) is 58.7 Å². The number of ether oxygens (including phenoxy) is 1. The topological polar surface area (TPSA) is 71.1 Å². The maximum Gasteiger partial charge on any atom is 0.258 e. The average Bonchev–Trinajstić information content (AvgIpc) is 3.22. The molecule has 1 N–H and O–H groups in total. The third-order valence-electron chi connectivity index (χ3n) is 4.83. The van der Waals surface area contributed by atoms with Gasteiger partial charge >= 0.3 is 0 Å². The van der Waals surface area contributed by atoms with Gasteiger partial charge in [-0.25, -0.2) is 9.97 Å². The quantitative estimate of drug-likeness (QED) is 0.455. The SMILES string of the molecule is CCOc1ccc(-c2nc(CN(CC)Cc3nc4ccccc4c(=O)[nH]3)cs2)cc1. The van der Waals surface area contributed by atoms with Gasteiger partial charge in [0, 0.05) is 17.5 Å². The number of rotatable bonds is 8. The number of para-hydroxylation sites is 1. The molecule has 0 bridgehead atoms. The average molecular weight is 421 g/mol. The van der Waals surface area contributed by atoms with E-state index in [0.29, 0.717) is 30.9 Å². The van der Waals surface area contributed by atoms with E-state index < -0.39 is 0 Å². The highest BCUT2D eigenvalue weighted by atomic mass is 32.1. The van der Waals surface area contributed by atoms with E-state index in [9.17, 15) is 4.79 Å². The van der Waals surface area contributed by atoms with Crippen molar-refractivity contribution in [2.24, 2.45) is 0 Å². The lowest BCUT2D eigenvalue weighted by Gasteiger charge is -2.18. The van der Waals surface area contributed by atoms with Crippen LogP contribution in [0.25, 0.3) is 21.5 Å². The van der Waals surface area contributed by atoms with E-state index in [2.05, 4.69) is 27.2 Å². The first-order valence-corrected chi connectivity index (χ1v) is 10.9. The lowest BCUT2D eigenvalue weighted by atomic mass is 10.2. The first-order chi connectivity index (χ1) is 14.7. The van der Waals surface area contributed by atoms with Gasteiger partial charge in [-0.15, -0.1) is 11.3 Å². The van der Waals surface area contributed by atoms with Crippen LogP contribution in [0.2, 0.25) is 0 Å². The van der Waals surface area contributed by atoms with Gasteiger partial charge < -0.3 is 9.72 Å².